The van der Waals surface area contributed by atoms with Crippen LogP contribution in [0, 0.1) is 0 Å². The fraction of sp³-hybridized carbons (Fsp3) is 0.231. The highest BCUT2D eigenvalue weighted by Crippen LogP contribution is 2.38. The van der Waals surface area contributed by atoms with Gasteiger partial charge in [0.25, 0.3) is 0 Å². The van der Waals surface area contributed by atoms with Crippen LogP contribution in [-0.4, -0.2) is 35.6 Å². The lowest BCUT2D eigenvalue weighted by atomic mass is 10.1. The van der Waals surface area contributed by atoms with Crippen molar-refractivity contribution < 1.29 is 23.7 Å². The number of halogens is 1. The fourth-order valence-corrected chi connectivity index (χ4v) is 4.14. The van der Waals surface area contributed by atoms with Gasteiger partial charge in [-0.3, -0.25) is 4.79 Å². The molecule has 35 heavy (non-hydrogen) atoms. The van der Waals surface area contributed by atoms with Crippen LogP contribution in [0.5, 0.6) is 23.0 Å². The van der Waals surface area contributed by atoms with Crippen LogP contribution in [-0.2, 0) is 17.8 Å². The van der Waals surface area contributed by atoms with Crippen LogP contribution in [0.4, 0.5) is 5.69 Å². The molecule has 4 aromatic rings. The van der Waals surface area contributed by atoms with Crippen LogP contribution in [0.25, 0.3) is 5.65 Å². The Kier molecular flexibility index (Phi) is 6.63. The van der Waals surface area contributed by atoms with E-state index in [-0.39, 0.29) is 18.9 Å². The molecule has 5 rings (SSSR count). The van der Waals surface area contributed by atoms with E-state index in [1.807, 2.05) is 35.0 Å². The number of anilines is 1. The third-order valence-corrected chi connectivity index (χ3v) is 5.74. The number of hydrogen-bond donors (Lipinski definition) is 1. The lowest BCUT2D eigenvalue weighted by molar-refractivity contribution is -0.115. The summed E-state index contributed by atoms with van der Waals surface area (Å²) < 4.78 is 24.7. The van der Waals surface area contributed by atoms with Gasteiger partial charge in [0.15, 0.2) is 23.0 Å². The van der Waals surface area contributed by atoms with E-state index in [1.54, 1.807) is 37.4 Å². The van der Waals surface area contributed by atoms with Gasteiger partial charge < -0.3 is 28.7 Å². The van der Waals surface area contributed by atoms with Crippen LogP contribution in [0.1, 0.15) is 17.7 Å². The number of imidazole rings is 1. The van der Waals surface area contributed by atoms with E-state index in [9.17, 15) is 4.79 Å². The second kappa shape index (κ2) is 10.1. The molecule has 0 aliphatic carbocycles. The highest BCUT2D eigenvalue weighted by atomic mass is 35.5. The van der Waals surface area contributed by atoms with Crippen molar-refractivity contribution in [3.8, 4) is 23.0 Å². The highest BCUT2D eigenvalue weighted by molar-refractivity contribution is 6.32. The van der Waals surface area contributed by atoms with Gasteiger partial charge in [0.2, 0.25) is 5.91 Å². The molecule has 0 spiro atoms. The van der Waals surface area contributed by atoms with Crippen LogP contribution >= 0.6 is 11.6 Å². The number of fused-ring (bicyclic) bond motifs is 2. The first-order chi connectivity index (χ1) is 17.1. The number of carbonyl (C=O) groups excluding carboxylic acids is 1. The van der Waals surface area contributed by atoms with Crippen molar-refractivity contribution in [2.24, 2.45) is 0 Å². The molecule has 0 saturated carbocycles. The van der Waals surface area contributed by atoms with Gasteiger partial charge in [-0.25, -0.2) is 4.98 Å². The maximum Gasteiger partial charge on any atom is 0.228 e. The average molecular weight is 494 g/mol. The Morgan fingerprint density at radius 2 is 2.03 bits per heavy atom. The topological polar surface area (TPSA) is 83.3 Å². The lowest BCUT2D eigenvalue weighted by Crippen LogP contribution is -2.14. The van der Waals surface area contributed by atoms with Crippen molar-refractivity contribution in [1.29, 1.82) is 0 Å². The van der Waals surface area contributed by atoms with Crippen molar-refractivity contribution in [2.75, 3.05) is 25.6 Å². The molecule has 0 bridgehead atoms. The summed E-state index contributed by atoms with van der Waals surface area (Å²) >= 11 is 6.36. The molecule has 1 amide bonds. The number of nitrogens with zero attached hydrogens (tertiary/aromatic N) is 2. The summed E-state index contributed by atoms with van der Waals surface area (Å²) in [7, 11) is 1.57. The predicted molar refractivity (Wildman–Crippen MR) is 132 cm³/mol. The van der Waals surface area contributed by atoms with Gasteiger partial charge in [0, 0.05) is 30.6 Å². The number of pyridine rings is 1. The minimum Gasteiger partial charge on any atom is -0.493 e. The van der Waals surface area contributed by atoms with Crippen LogP contribution in [0.2, 0.25) is 5.02 Å². The monoisotopic (exact) mass is 493 g/mol. The number of aromatic nitrogens is 2. The second-order valence-electron chi connectivity index (χ2n) is 8.03. The van der Waals surface area contributed by atoms with Crippen LogP contribution < -0.4 is 24.3 Å². The van der Waals surface area contributed by atoms with E-state index < -0.39 is 0 Å². The standard InChI is InChI=1S/C26H24ClN3O5/c1-32-21-7-6-18(14-22(21)35-16-19-15-30-8-3-2-5-24(30)28-19)29-25(31)13-17-11-20(27)26-23(12-17)33-9-4-10-34-26/h2-3,5-8,11-12,14-15H,4,9-10,13,16H2,1H3,(H,29,31). The third-order valence-electron chi connectivity index (χ3n) is 5.46. The Morgan fingerprint density at radius 1 is 1.14 bits per heavy atom. The van der Waals surface area contributed by atoms with Crippen molar-refractivity contribution in [2.45, 2.75) is 19.4 Å². The molecule has 3 heterocycles. The minimum atomic E-state index is -0.202. The Bertz CT molecular complexity index is 1340. The SMILES string of the molecule is COc1ccc(NC(=O)Cc2cc(Cl)c3c(c2)OCCCO3)cc1OCc1cn2ccccc2n1. The number of hydrogen-bond acceptors (Lipinski definition) is 6. The molecular formula is C26H24ClN3O5. The summed E-state index contributed by atoms with van der Waals surface area (Å²) in [5.41, 5.74) is 2.93. The van der Waals surface area contributed by atoms with Gasteiger partial charge in [-0.15, -0.1) is 0 Å². The normalized spacial score (nSPS) is 12.7. The molecule has 1 aliphatic rings. The summed E-state index contributed by atoms with van der Waals surface area (Å²) in [6.07, 6.45) is 4.74. The zero-order valence-electron chi connectivity index (χ0n) is 19.1. The van der Waals surface area contributed by atoms with Gasteiger partial charge in [-0.1, -0.05) is 17.7 Å². The molecule has 0 unspecified atom stereocenters. The first kappa shape index (κ1) is 22.9. The van der Waals surface area contributed by atoms with Crippen molar-refractivity contribution >= 4 is 28.8 Å². The van der Waals surface area contributed by atoms with Crippen LogP contribution in [0.3, 0.4) is 0 Å². The Hall–Kier alpha value is -3.91. The molecule has 0 saturated heterocycles. The summed E-state index contributed by atoms with van der Waals surface area (Å²) in [4.78, 5) is 17.3. The minimum absolute atomic E-state index is 0.125. The molecule has 0 radical (unpaired) electrons. The van der Waals surface area contributed by atoms with E-state index in [4.69, 9.17) is 30.5 Å². The Balaban J connectivity index is 1.27. The van der Waals surface area contributed by atoms with Gasteiger partial charge in [-0.2, -0.15) is 0 Å². The molecule has 9 heteroatoms. The third kappa shape index (κ3) is 5.27. The largest absolute Gasteiger partial charge is 0.493 e. The summed E-state index contributed by atoms with van der Waals surface area (Å²) in [5.74, 6) is 1.94. The average Bonchev–Trinajstić information content (AvgIpc) is 3.12. The zero-order valence-corrected chi connectivity index (χ0v) is 19.9. The van der Waals surface area contributed by atoms with Crippen molar-refractivity contribution in [3.05, 3.63) is 77.2 Å². The number of amides is 1. The molecule has 2 aromatic heterocycles. The molecule has 180 valence electrons. The molecule has 0 fully saturated rings. The molecule has 0 atom stereocenters. The predicted octanol–water partition coefficient (Wildman–Crippen LogP) is 4.92. The molecule has 1 N–H and O–H groups in total. The lowest BCUT2D eigenvalue weighted by Gasteiger charge is -2.13. The first-order valence-electron chi connectivity index (χ1n) is 11.2. The van der Waals surface area contributed by atoms with E-state index in [0.29, 0.717) is 46.9 Å². The molecule has 8 nitrogen and oxygen atoms in total. The quantitative estimate of drug-likeness (QED) is 0.393. The number of carbonyl (C=O) groups is 1. The number of rotatable bonds is 7. The van der Waals surface area contributed by atoms with Gasteiger partial charge in [0.05, 0.1) is 37.5 Å². The Morgan fingerprint density at radius 3 is 2.89 bits per heavy atom. The fourth-order valence-electron chi connectivity index (χ4n) is 3.85. The van der Waals surface area contributed by atoms with E-state index in [1.165, 1.54) is 0 Å². The number of nitrogens with one attached hydrogen (secondary N) is 1. The van der Waals surface area contributed by atoms with E-state index >= 15 is 0 Å². The number of methoxy groups -OCH3 is 1. The number of ether oxygens (including phenoxy) is 4. The number of benzene rings is 2. The van der Waals surface area contributed by atoms with E-state index in [0.717, 1.165) is 23.3 Å². The zero-order chi connectivity index (χ0) is 24.2. The summed E-state index contributed by atoms with van der Waals surface area (Å²) in [6.45, 7) is 1.35. The van der Waals surface area contributed by atoms with Crippen molar-refractivity contribution in [3.63, 3.8) is 0 Å². The highest BCUT2D eigenvalue weighted by Gasteiger charge is 2.17. The smallest absolute Gasteiger partial charge is 0.228 e. The Labute approximate surface area is 207 Å². The van der Waals surface area contributed by atoms with Crippen molar-refractivity contribution in [1.82, 2.24) is 9.38 Å². The maximum atomic E-state index is 12.8. The molecule has 2 aromatic carbocycles. The first-order valence-corrected chi connectivity index (χ1v) is 11.6. The van der Waals surface area contributed by atoms with Gasteiger partial charge in [-0.05, 0) is 42.0 Å². The van der Waals surface area contributed by atoms with E-state index in [2.05, 4.69) is 10.3 Å². The van der Waals surface area contributed by atoms with Gasteiger partial charge >= 0.3 is 0 Å². The molecular weight excluding hydrogens is 470 g/mol. The molecule has 1 aliphatic heterocycles. The second-order valence-corrected chi connectivity index (χ2v) is 8.44. The van der Waals surface area contributed by atoms with Crippen LogP contribution in [0.15, 0.2) is 60.9 Å². The summed E-state index contributed by atoms with van der Waals surface area (Å²) in [5, 5.41) is 3.33. The summed E-state index contributed by atoms with van der Waals surface area (Å²) in [6, 6.07) is 14.6. The maximum absolute atomic E-state index is 12.8. The van der Waals surface area contributed by atoms with Gasteiger partial charge in [0.1, 0.15) is 12.3 Å².